The second kappa shape index (κ2) is 4.56. The molecule has 0 radical (unpaired) electrons. The van der Waals surface area contributed by atoms with Crippen molar-refractivity contribution in [2.24, 2.45) is 12.9 Å². The highest BCUT2D eigenvalue weighted by Crippen LogP contribution is 2.20. The van der Waals surface area contributed by atoms with E-state index in [1.54, 1.807) is 8.97 Å². The van der Waals surface area contributed by atoms with Crippen LogP contribution in [0.15, 0.2) is 9.59 Å². The molecule has 22 heavy (non-hydrogen) atoms. The lowest BCUT2D eigenvalue weighted by atomic mass is 10.3. The van der Waals surface area contributed by atoms with Gasteiger partial charge in [0.25, 0.3) is 11.5 Å². The Morgan fingerprint density at radius 3 is 2.64 bits per heavy atom. The first-order chi connectivity index (χ1) is 10.4. The molecule has 0 unspecified atom stereocenters. The summed E-state index contributed by atoms with van der Waals surface area (Å²) in [6.07, 6.45) is 0. The smallest absolute Gasteiger partial charge is 0.304 e. The minimum Gasteiger partial charge on any atom is -0.304 e. The normalized spacial score (nSPS) is 11.5. The molecule has 0 aromatic carbocycles. The molecule has 0 bridgehead atoms. The molecule has 10 heteroatoms. The largest absolute Gasteiger partial charge is 0.329 e. The number of H-pyrrole nitrogens is 1. The molecule has 0 fully saturated rings. The monoisotopic (exact) mass is 305 g/mol. The van der Waals surface area contributed by atoms with Crippen molar-refractivity contribution in [3.05, 3.63) is 32.2 Å². The lowest BCUT2D eigenvalue weighted by Gasteiger charge is -2.04. The lowest BCUT2D eigenvalue weighted by Crippen LogP contribution is -2.33. The predicted octanol–water partition coefficient (Wildman–Crippen LogP) is -1.72. The first kappa shape index (κ1) is 14.1. The zero-order valence-electron chi connectivity index (χ0n) is 12.3. The summed E-state index contributed by atoms with van der Waals surface area (Å²) in [5.41, 5.74) is 3.06. The molecule has 116 valence electrons. The maximum absolute atomic E-state index is 12.1. The highest BCUT2D eigenvalue weighted by atomic mass is 16.2. The van der Waals surface area contributed by atoms with Crippen molar-refractivity contribution in [3.8, 4) is 0 Å². The van der Waals surface area contributed by atoms with Crippen LogP contribution in [0.25, 0.3) is 16.9 Å². The number of hydrogen-bond acceptors (Lipinski definition) is 5. The van der Waals surface area contributed by atoms with Crippen LogP contribution < -0.4 is 22.5 Å². The first-order valence-corrected chi connectivity index (χ1v) is 6.53. The van der Waals surface area contributed by atoms with Crippen molar-refractivity contribution in [1.82, 2.24) is 28.9 Å². The summed E-state index contributed by atoms with van der Waals surface area (Å²) in [4.78, 5) is 42.0. The van der Waals surface area contributed by atoms with Gasteiger partial charge in [0.05, 0.1) is 0 Å². The number of amides is 1. The van der Waals surface area contributed by atoms with Gasteiger partial charge >= 0.3 is 5.69 Å². The summed E-state index contributed by atoms with van der Waals surface area (Å²) < 4.78 is 4.53. The van der Waals surface area contributed by atoms with Crippen molar-refractivity contribution in [1.29, 1.82) is 0 Å². The van der Waals surface area contributed by atoms with E-state index in [2.05, 4.69) is 15.4 Å². The van der Waals surface area contributed by atoms with Crippen molar-refractivity contribution in [2.45, 2.75) is 20.4 Å². The number of aryl methyl sites for hydroxylation is 2. The van der Waals surface area contributed by atoms with E-state index >= 15 is 0 Å². The number of imidazole rings is 2. The SMILES string of the molecule is Cc1c(C)n2c3c(=O)[nH]c(=O)n(C)c3nc2n1CC(=O)NN. The molecule has 0 spiro atoms. The Hall–Kier alpha value is -2.88. The fourth-order valence-corrected chi connectivity index (χ4v) is 2.56. The maximum Gasteiger partial charge on any atom is 0.329 e. The quantitative estimate of drug-likeness (QED) is 0.294. The van der Waals surface area contributed by atoms with Crippen LogP contribution in [-0.4, -0.2) is 29.4 Å². The van der Waals surface area contributed by atoms with Gasteiger partial charge in [-0.25, -0.2) is 10.6 Å². The molecule has 10 nitrogen and oxygen atoms in total. The molecular formula is C12H15N7O3. The molecule has 0 atom stereocenters. The summed E-state index contributed by atoms with van der Waals surface area (Å²) in [6, 6.07) is 0. The summed E-state index contributed by atoms with van der Waals surface area (Å²) in [5.74, 6) is 5.13. The standard InChI is InChI=1S/C12H15N7O3/c1-5-6(2)19-8-9(17(3)12(22)15-10(8)21)14-11(19)18(5)4-7(20)16-13/h4,13H2,1-3H3,(H,16,20)(H,15,21,22). The molecule has 0 saturated carbocycles. The van der Waals surface area contributed by atoms with Gasteiger partial charge in [-0.15, -0.1) is 0 Å². The van der Waals surface area contributed by atoms with E-state index in [0.717, 1.165) is 11.4 Å². The minimum atomic E-state index is -0.543. The first-order valence-electron chi connectivity index (χ1n) is 6.53. The van der Waals surface area contributed by atoms with Crippen LogP contribution in [-0.2, 0) is 18.4 Å². The molecule has 4 N–H and O–H groups in total. The van der Waals surface area contributed by atoms with E-state index in [1.807, 2.05) is 13.8 Å². The van der Waals surface area contributed by atoms with E-state index in [0.29, 0.717) is 5.78 Å². The van der Waals surface area contributed by atoms with Gasteiger partial charge in [0.2, 0.25) is 5.78 Å². The van der Waals surface area contributed by atoms with Crippen molar-refractivity contribution in [3.63, 3.8) is 0 Å². The van der Waals surface area contributed by atoms with E-state index < -0.39 is 17.2 Å². The van der Waals surface area contributed by atoms with E-state index in [4.69, 9.17) is 5.84 Å². The van der Waals surface area contributed by atoms with Gasteiger partial charge in [-0.2, -0.15) is 4.98 Å². The third kappa shape index (κ3) is 1.70. The Kier molecular flexibility index (Phi) is 2.92. The van der Waals surface area contributed by atoms with Crippen LogP contribution >= 0.6 is 0 Å². The number of hydrogen-bond donors (Lipinski definition) is 3. The Bertz CT molecular complexity index is 1030. The number of carbonyl (C=O) groups is 1. The molecule has 3 aromatic rings. The molecule has 0 aliphatic carbocycles. The summed E-state index contributed by atoms with van der Waals surface area (Å²) >= 11 is 0. The number of hydrazine groups is 1. The van der Waals surface area contributed by atoms with E-state index in [1.165, 1.54) is 11.6 Å². The number of aromatic amines is 1. The van der Waals surface area contributed by atoms with Gasteiger partial charge in [-0.3, -0.25) is 29.0 Å². The summed E-state index contributed by atoms with van der Waals surface area (Å²) in [7, 11) is 1.52. The maximum atomic E-state index is 12.1. The van der Waals surface area contributed by atoms with Crippen molar-refractivity contribution in [2.75, 3.05) is 0 Å². The molecule has 0 aliphatic rings. The number of aromatic nitrogens is 5. The van der Waals surface area contributed by atoms with E-state index in [-0.39, 0.29) is 17.7 Å². The van der Waals surface area contributed by atoms with Crippen LogP contribution in [0.2, 0.25) is 0 Å². The second-order valence-corrected chi connectivity index (χ2v) is 5.06. The number of nitrogens with zero attached hydrogens (tertiary/aromatic N) is 4. The summed E-state index contributed by atoms with van der Waals surface area (Å²) in [5, 5.41) is 0. The van der Waals surface area contributed by atoms with Crippen LogP contribution in [0.4, 0.5) is 0 Å². The predicted molar refractivity (Wildman–Crippen MR) is 78.4 cm³/mol. The third-order valence-electron chi connectivity index (χ3n) is 3.87. The van der Waals surface area contributed by atoms with Crippen LogP contribution in [0.1, 0.15) is 11.4 Å². The topological polar surface area (TPSA) is 132 Å². The number of nitrogens with one attached hydrogen (secondary N) is 2. The second-order valence-electron chi connectivity index (χ2n) is 5.06. The van der Waals surface area contributed by atoms with E-state index in [9.17, 15) is 14.4 Å². The molecule has 3 aromatic heterocycles. The number of nitrogens with two attached hydrogens (primary N) is 1. The highest BCUT2D eigenvalue weighted by molar-refractivity contribution is 5.79. The molecule has 0 saturated heterocycles. The van der Waals surface area contributed by atoms with Gasteiger partial charge in [-0.1, -0.05) is 0 Å². The third-order valence-corrected chi connectivity index (χ3v) is 3.87. The number of carbonyl (C=O) groups excluding carboxylic acids is 1. The lowest BCUT2D eigenvalue weighted by molar-refractivity contribution is -0.121. The highest BCUT2D eigenvalue weighted by Gasteiger charge is 2.21. The minimum absolute atomic E-state index is 0.0329. The molecule has 3 heterocycles. The average molecular weight is 305 g/mol. The fourth-order valence-electron chi connectivity index (χ4n) is 2.56. The molecular weight excluding hydrogens is 290 g/mol. The number of rotatable bonds is 2. The Balaban J connectivity index is 2.48. The Labute approximate surface area is 123 Å². The van der Waals surface area contributed by atoms with Crippen molar-refractivity contribution >= 4 is 22.8 Å². The van der Waals surface area contributed by atoms with Crippen LogP contribution in [0.5, 0.6) is 0 Å². The summed E-state index contributed by atoms with van der Waals surface area (Å²) in [6.45, 7) is 3.59. The van der Waals surface area contributed by atoms with Crippen LogP contribution in [0, 0.1) is 13.8 Å². The van der Waals surface area contributed by atoms with Gasteiger partial charge in [-0.05, 0) is 13.8 Å². The Morgan fingerprint density at radius 1 is 1.32 bits per heavy atom. The van der Waals surface area contributed by atoms with Gasteiger partial charge in [0.1, 0.15) is 6.54 Å². The molecule has 3 rings (SSSR count). The zero-order chi connectivity index (χ0) is 16.2. The molecule has 0 aliphatic heterocycles. The number of fused-ring (bicyclic) bond motifs is 3. The van der Waals surface area contributed by atoms with Crippen molar-refractivity contribution < 1.29 is 4.79 Å². The average Bonchev–Trinajstić information content (AvgIpc) is 2.97. The fraction of sp³-hybridized carbons (Fsp3) is 0.333. The van der Waals surface area contributed by atoms with Crippen LogP contribution in [0.3, 0.4) is 0 Å². The zero-order valence-corrected chi connectivity index (χ0v) is 12.3. The molecule has 1 amide bonds. The van der Waals surface area contributed by atoms with Gasteiger partial charge < -0.3 is 4.57 Å². The van der Waals surface area contributed by atoms with Gasteiger partial charge in [0, 0.05) is 18.4 Å². The van der Waals surface area contributed by atoms with Gasteiger partial charge in [0.15, 0.2) is 11.2 Å². The Morgan fingerprint density at radius 2 is 2.00 bits per heavy atom.